The molecule has 2 amide bonds. The molecule has 0 spiro atoms. The lowest BCUT2D eigenvalue weighted by atomic mass is 10.2. The summed E-state index contributed by atoms with van der Waals surface area (Å²) in [6.45, 7) is 1.08. The number of amides is 2. The van der Waals surface area contributed by atoms with Crippen molar-refractivity contribution < 1.29 is 36.1 Å². The monoisotopic (exact) mass is 630 g/mol. The van der Waals surface area contributed by atoms with Crippen LogP contribution >= 0.6 is 0 Å². The van der Waals surface area contributed by atoms with Crippen LogP contribution in [0, 0.1) is 0 Å². The predicted molar refractivity (Wildman–Crippen MR) is 152 cm³/mol. The molecule has 18 heteroatoms. The fraction of sp³-hybridized carbons (Fsp3) is 0.286. The summed E-state index contributed by atoms with van der Waals surface area (Å²) in [5.41, 5.74) is 1.00. The van der Waals surface area contributed by atoms with Crippen LogP contribution in [0.1, 0.15) is 57.7 Å². The fourth-order valence-electron chi connectivity index (χ4n) is 4.62. The first kappa shape index (κ1) is 28.9. The Morgan fingerprint density at radius 3 is 1.24 bits per heavy atom. The molecule has 18 nitrogen and oxygen atoms in total. The number of aromatic nitrogens is 6. The van der Waals surface area contributed by atoms with E-state index in [1.165, 1.54) is 37.6 Å². The zero-order valence-corrected chi connectivity index (χ0v) is 24.4. The summed E-state index contributed by atoms with van der Waals surface area (Å²) in [6, 6.07) is -1.28. The van der Waals surface area contributed by atoms with E-state index in [0.29, 0.717) is 25.9 Å². The van der Waals surface area contributed by atoms with Crippen molar-refractivity contribution in [2.45, 2.75) is 24.9 Å². The SMILES string of the molecule is CNCC[C@@H]1NC(=O)c2coc(n2)-c2coc(n2)-c2coc(n2)[C@H](CCNC)NC(=O)c2coc(n2)-c2coc(n2)-c2coc1n2. The van der Waals surface area contributed by atoms with Gasteiger partial charge in [0.2, 0.25) is 35.3 Å². The number of hydrogen-bond acceptors (Lipinski definition) is 16. The van der Waals surface area contributed by atoms with Crippen LogP contribution in [-0.4, -0.2) is 68.9 Å². The van der Waals surface area contributed by atoms with Crippen LogP contribution in [0.2, 0.25) is 0 Å². The van der Waals surface area contributed by atoms with Crippen LogP contribution in [0.15, 0.2) is 64.1 Å². The Bertz CT molecular complexity index is 1840. The normalized spacial score (nSPS) is 16.6. The van der Waals surface area contributed by atoms with Gasteiger partial charge in [0.1, 0.15) is 49.7 Å². The lowest BCUT2D eigenvalue weighted by Gasteiger charge is -2.14. The van der Waals surface area contributed by atoms with E-state index in [1.807, 2.05) is 0 Å². The van der Waals surface area contributed by atoms with Gasteiger partial charge in [0.25, 0.3) is 11.8 Å². The zero-order valence-electron chi connectivity index (χ0n) is 24.4. The molecule has 0 unspecified atom stereocenters. The predicted octanol–water partition coefficient (Wildman–Crippen LogP) is 2.76. The van der Waals surface area contributed by atoms with Gasteiger partial charge >= 0.3 is 0 Å². The van der Waals surface area contributed by atoms with Crippen LogP contribution in [0.4, 0.5) is 0 Å². The van der Waals surface area contributed by atoms with Crippen LogP contribution in [0.3, 0.4) is 0 Å². The van der Waals surface area contributed by atoms with Gasteiger partial charge in [0.05, 0.1) is 0 Å². The number of oxazole rings is 6. The van der Waals surface area contributed by atoms with Gasteiger partial charge in [-0.15, -0.1) is 0 Å². The number of carbonyl (C=O) groups excluding carboxylic acids is 2. The minimum absolute atomic E-state index is 0.00439. The van der Waals surface area contributed by atoms with Crippen molar-refractivity contribution in [3.63, 3.8) is 0 Å². The van der Waals surface area contributed by atoms with Crippen LogP contribution < -0.4 is 21.3 Å². The number of carbonyl (C=O) groups is 2. The third kappa shape index (κ3) is 5.69. The van der Waals surface area contributed by atoms with E-state index in [4.69, 9.17) is 26.5 Å². The molecule has 0 aliphatic carbocycles. The molecule has 7 rings (SSSR count). The number of rotatable bonds is 6. The van der Waals surface area contributed by atoms with Crippen molar-refractivity contribution in [1.82, 2.24) is 51.2 Å². The minimum Gasteiger partial charge on any atom is -0.446 e. The first-order chi connectivity index (χ1) is 22.5. The third-order valence-corrected chi connectivity index (χ3v) is 6.98. The van der Waals surface area contributed by atoms with E-state index in [9.17, 15) is 9.59 Å². The summed E-state index contributed by atoms with van der Waals surface area (Å²) < 4.78 is 33.7. The first-order valence-electron chi connectivity index (χ1n) is 14.1. The van der Waals surface area contributed by atoms with E-state index in [0.717, 1.165) is 0 Å². The molecule has 0 radical (unpaired) electrons. The average molecular weight is 631 g/mol. The molecule has 12 bridgehead atoms. The highest BCUT2D eigenvalue weighted by Crippen LogP contribution is 2.29. The second kappa shape index (κ2) is 12.3. The van der Waals surface area contributed by atoms with Crippen LogP contribution in [0.25, 0.3) is 46.3 Å². The molecule has 236 valence electrons. The van der Waals surface area contributed by atoms with Gasteiger partial charge < -0.3 is 47.8 Å². The highest BCUT2D eigenvalue weighted by molar-refractivity contribution is 5.93. The van der Waals surface area contributed by atoms with Crippen molar-refractivity contribution in [3.8, 4) is 46.3 Å². The van der Waals surface area contributed by atoms with Gasteiger partial charge in [0, 0.05) is 0 Å². The molecule has 0 saturated heterocycles. The van der Waals surface area contributed by atoms with Crippen molar-refractivity contribution in [2.24, 2.45) is 0 Å². The Morgan fingerprint density at radius 1 is 0.522 bits per heavy atom. The van der Waals surface area contributed by atoms with Gasteiger partial charge in [-0.1, -0.05) is 0 Å². The highest BCUT2D eigenvalue weighted by Gasteiger charge is 2.27. The van der Waals surface area contributed by atoms with Gasteiger partial charge in [0.15, 0.2) is 34.2 Å². The van der Waals surface area contributed by atoms with Gasteiger partial charge in [-0.05, 0) is 40.0 Å². The summed E-state index contributed by atoms with van der Waals surface area (Å²) in [5, 5.41) is 11.8. The Morgan fingerprint density at radius 2 is 0.848 bits per heavy atom. The number of hydrogen-bond donors (Lipinski definition) is 4. The Hall–Kier alpha value is -5.88. The average Bonchev–Trinajstić information content (AvgIpc) is 3.88. The van der Waals surface area contributed by atoms with Crippen LogP contribution in [-0.2, 0) is 0 Å². The maximum absolute atomic E-state index is 13.2. The molecule has 6 aromatic heterocycles. The topological polar surface area (TPSA) is 238 Å². The smallest absolute Gasteiger partial charge is 0.273 e. The molecule has 0 aromatic carbocycles. The number of nitrogens with one attached hydrogen (secondary N) is 4. The number of nitrogens with zero attached hydrogens (tertiary/aromatic N) is 6. The summed E-state index contributed by atoms with van der Waals surface area (Å²) in [5.74, 6) is -0.292. The molecule has 1 aliphatic rings. The molecule has 7 heterocycles. The maximum atomic E-state index is 13.2. The van der Waals surface area contributed by atoms with E-state index in [2.05, 4.69) is 51.2 Å². The molecule has 1 aliphatic heterocycles. The summed E-state index contributed by atoms with van der Waals surface area (Å²) in [7, 11) is 3.57. The standard InChI is InChI=1S/C28H26N10O8/c1-29-5-3-13-23-35-19(9-43-23)27-37-18(11-45-27)26-34-16(8-42-26)22(40)32-14(4-6-30-2)24-36-20(10-44-24)28-38-17(12-46-28)25-33-15(7-41-25)21(39)31-13/h7-14,29-30H,3-6H2,1-2H3,(H,31,39)(H,32,40)/t13-,14-/m0/s1. The second-order valence-corrected chi connectivity index (χ2v) is 10.1. The molecule has 0 saturated carbocycles. The minimum atomic E-state index is -0.640. The van der Waals surface area contributed by atoms with Gasteiger partial charge in [-0.3, -0.25) is 9.59 Å². The Labute approximate surface area is 258 Å². The molecule has 4 N–H and O–H groups in total. The number of fused-ring (bicyclic) bond motifs is 16. The molecule has 0 fully saturated rings. The Kier molecular flexibility index (Phi) is 7.69. The van der Waals surface area contributed by atoms with Crippen LogP contribution in [0.5, 0.6) is 0 Å². The first-order valence-corrected chi connectivity index (χ1v) is 14.1. The summed E-state index contributed by atoms with van der Waals surface area (Å²) in [4.78, 5) is 52.7. The van der Waals surface area contributed by atoms with Crippen molar-refractivity contribution in [2.75, 3.05) is 27.2 Å². The quantitative estimate of drug-likeness (QED) is 0.207. The lowest BCUT2D eigenvalue weighted by molar-refractivity contribution is 0.0915. The highest BCUT2D eigenvalue weighted by atomic mass is 16.4. The summed E-state index contributed by atoms with van der Waals surface area (Å²) >= 11 is 0. The fourth-order valence-corrected chi connectivity index (χ4v) is 4.62. The Balaban J connectivity index is 1.26. The van der Waals surface area contributed by atoms with E-state index >= 15 is 0 Å². The van der Waals surface area contributed by atoms with Crippen molar-refractivity contribution in [1.29, 1.82) is 0 Å². The summed E-state index contributed by atoms with van der Waals surface area (Å²) in [6.07, 6.45) is 8.65. The lowest BCUT2D eigenvalue weighted by Crippen LogP contribution is -2.31. The molecule has 46 heavy (non-hydrogen) atoms. The van der Waals surface area contributed by atoms with Gasteiger partial charge in [-0.2, -0.15) is 0 Å². The van der Waals surface area contributed by atoms with E-state index < -0.39 is 23.9 Å². The van der Waals surface area contributed by atoms with Crippen molar-refractivity contribution >= 4 is 11.8 Å². The molecular weight excluding hydrogens is 604 g/mol. The van der Waals surface area contributed by atoms with E-state index in [1.54, 1.807) is 14.1 Å². The zero-order chi connectivity index (χ0) is 31.6. The maximum Gasteiger partial charge on any atom is 0.273 e. The van der Waals surface area contributed by atoms with Crippen molar-refractivity contribution in [3.05, 3.63) is 60.7 Å². The molecule has 6 aromatic rings. The third-order valence-electron chi connectivity index (χ3n) is 6.98. The molecule has 2 atom stereocenters. The molecular formula is C28H26N10O8. The van der Waals surface area contributed by atoms with E-state index in [-0.39, 0.29) is 69.5 Å². The van der Waals surface area contributed by atoms with Gasteiger partial charge in [-0.25, -0.2) is 29.9 Å². The second-order valence-electron chi connectivity index (χ2n) is 10.1. The largest absolute Gasteiger partial charge is 0.446 e.